The number of fused-ring (bicyclic) bond motifs is 1. The molecule has 0 bridgehead atoms. The molecule has 2 aromatic carbocycles. The van der Waals surface area contributed by atoms with E-state index in [2.05, 4.69) is 15.0 Å². The quantitative estimate of drug-likeness (QED) is 0.565. The summed E-state index contributed by atoms with van der Waals surface area (Å²) in [4.78, 5) is 27.8. The fourth-order valence-corrected chi connectivity index (χ4v) is 5.60. The molecule has 10 heteroatoms. The number of amides is 2. The topological polar surface area (TPSA) is 121 Å². The van der Waals surface area contributed by atoms with Gasteiger partial charge in [-0.25, -0.2) is 0 Å². The van der Waals surface area contributed by atoms with E-state index in [9.17, 15) is 18.0 Å². The fraction of sp³-hybridized carbons (Fsp3) is 0.240. The lowest BCUT2D eigenvalue weighted by Gasteiger charge is -2.32. The normalized spacial score (nSPS) is 16.9. The fourth-order valence-electron chi connectivity index (χ4n) is 4.37. The van der Waals surface area contributed by atoms with Crippen molar-refractivity contribution >= 4 is 33.4 Å². The summed E-state index contributed by atoms with van der Waals surface area (Å²) in [6.45, 7) is 1.26. The molecule has 0 atom stereocenters. The van der Waals surface area contributed by atoms with Crippen molar-refractivity contribution < 1.29 is 22.4 Å². The highest BCUT2D eigenvalue weighted by Gasteiger charge is 2.34. The number of hydrogen-bond donors (Lipinski definition) is 2. The number of nitrogens with zero attached hydrogens (tertiary/aromatic N) is 2. The van der Waals surface area contributed by atoms with Crippen molar-refractivity contribution in [3.8, 4) is 0 Å². The first-order chi connectivity index (χ1) is 16.9. The van der Waals surface area contributed by atoms with Crippen LogP contribution in [0.1, 0.15) is 34.5 Å². The van der Waals surface area contributed by atoms with E-state index in [1.807, 2.05) is 4.90 Å². The second-order valence-corrected chi connectivity index (χ2v) is 10.0. The van der Waals surface area contributed by atoms with Gasteiger partial charge in [0.1, 0.15) is 10.7 Å². The number of hydrogen-bond acceptors (Lipinski definition) is 6. The summed E-state index contributed by atoms with van der Waals surface area (Å²) in [5.41, 5.74) is 1.41. The molecule has 1 aromatic heterocycles. The SMILES string of the molecule is O=C(NCc1ccco1)c1ccccc1NC(=O)C1CCN(C2=NS(=O)(=O)c3ccccc32)CC1. The number of piperidine rings is 1. The van der Waals surface area contributed by atoms with E-state index in [-0.39, 0.29) is 29.2 Å². The number of sulfonamides is 1. The Morgan fingerprint density at radius 2 is 1.74 bits per heavy atom. The van der Waals surface area contributed by atoms with Crippen molar-refractivity contribution in [2.75, 3.05) is 18.4 Å². The zero-order valence-corrected chi connectivity index (χ0v) is 19.6. The van der Waals surface area contributed by atoms with Gasteiger partial charge < -0.3 is 20.0 Å². The molecule has 9 nitrogen and oxygen atoms in total. The molecule has 35 heavy (non-hydrogen) atoms. The van der Waals surface area contributed by atoms with Crippen LogP contribution >= 0.6 is 0 Å². The second kappa shape index (κ2) is 9.38. The Bertz CT molecular complexity index is 1390. The van der Waals surface area contributed by atoms with Crippen LogP contribution in [0.4, 0.5) is 5.69 Å². The minimum Gasteiger partial charge on any atom is -0.467 e. The molecule has 1 fully saturated rings. The molecule has 0 saturated carbocycles. The Hall–Kier alpha value is -3.92. The van der Waals surface area contributed by atoms with Crippen molar-refractivity contribution in [2.24, 2.45) is 10.3 Å². The number of benzene rings is 2. The molecule has 180 valence electrons. The van der Waals surface area contributed by atoms with E-state index in [0.717, 1.165) is 0 Å². The highest BCUT2D eigenvalue weighted by atomic mass is 32.2. The number of amidine groups is 1. The Balaban J connectivity index is 1.22. The molecule has 3 heterocycles. The van der Waals surface area contributed by atoms with Crippen LogP contribution in [0.25, 0.3) is 0 Å². The predicted molar refractivity (Wildman–Crippen MR) is 129 cm³/mol. The van der Waals surface area contributed by atoms with Gasteiger partial charge in [-0.1, -0.05) is 24.3 Å². The zero-order chi connectivity index (χ0) is 24.4. The van der Waals surface area contributed by atoms with E-state index in [0.29, 0.717) is 54.3 Å². The molecule has 2 aliphatic heterocycles. The number of furan rings is 1. The summed E-state index contributed by atoms with van der Waals surface area (Å²) in [6, 6.07) is 17.2. The van der Waals surface area contributed by atoms with Gasteiger partial charge in [-0.2, -0.15) is 8.42 Å². The molecule has 0 spiro atoms. The average molecular weight is 493 g/mol. The molecule has 1 saturated heterocycles. The van der Waals surface area contributed by atoms with Gasteiger partial charge >= 0.3 is 0 Å². The number of carbonyl (C=O) groups is 2. The molecular weight excluding hydrogens is 468 g/mol. The standard InChI is InChI=1S/C25H24N4O5S/c30-24(27-21-9-3-1-7-19(21)25(31)26-16-18-6-5-15-34-18)17-11-13-29(14-12-17)23-20-8-2-4-10-22(20)35(32,33)28-23/h1-10,15,17H,11-14,16H2,(H,26,31)(H,27,30). The highest BCUT2D eigenvalue weighted by molar-refractivity contribution is 7.90. The minimum absolute atomic E-state index is 0.169. The van der Waals surface area contributed by atoms with Crippen LogP contribution in [0.15, 0.2) is 80.6 Å². The Morgan fingerprint density at radius 3 is 2.51 bits per heavy atom. The first kappa shape index (κ1) is 22.9. The van der Waals surface area contributed by atoms with Crippen LogP contribution in [0.5, 0.6) is 0 Å². The van der Waals surface area contributed by atoms with E-state index < -0.39 is 10.0 Å². The molecule has 5 rings (SSSR count). The van der Waals surface area contributed by atoms with Gasteiger partial charge in [-0.15, -0.1) is 4.40 Å². The lowest BCUT2D eigenvalue weighted by Crippen LogP contribution is -2.41. The van der Waals surface area contributed by atoms with Crippen LogP contribution < -0.4 is 10.6 Å². The maximum Gasteiger partial charge on any atom is 0.285 e. The molecule has 2 N–H and O–H groups in total. The van der Waals surface area contributed by atoms with Gasteiger partial charge in [0.2, 0.25) is 5.91 Å². The number of para-hydroxylation sites is 1. The van der Waals surface area contributed by atoms with Crippen molar-refractivity contribution in [3.05, 3.63) is 83.8 Å². The molecule has 0 radical (unpaired) electrons. The molecule has 0 unspecified atom stereocenters. The maximum atomic E-state index is 13.0. The average Bonchev–Trinajstić information content (AvgIpc) is 3.49. The van der Waals surface area contributed by atoms with E-state index in [1.54, 1.807) is 60.7 Å². The van der Waals surface area contributed by atoms with Crippen molar-refractivity contribution in [2.45, 2.75) is 24.3 Å². The van der Waals surface area contributed by atoms with Gasteiger partial charge in [-0.05, 0) is 49.2 Å². The summed E-state index contributed by atoms with van der Waals surface area (Å²) in [5.74, 6) is 0.329. The summed E-state index contributed by atoms with van der Waals surface area (Å²) >= 11 is 0. The van der Waals surface area contributed by atoms with Crippen molar-refractivity contribution in [1.29, 1.82) is 0 Å². The lowest BCUT2D eigenvalue weighted by atomic mass is 9.95. The third kappa shape index (κ3) is 4.69. The molecule has 2 aliphatic rings. The summed E-state index contributed by atoms with van der Waals surface area (Å²) < 4.78 is 34.0. The smallest absolute Gasteiger partial charge is 0.285 e. The second-order valence-electron chi connectivity index (χ2n) is 8.44. The highest BCUT2D eigenvalue weighted by Crippen LogP contribution is 2.30. The minimum atomic E-state index is -3.68. The van der Waals surface area contributed by atoms with Gasteiger partial charge in [0.15, 0.2) is 5.84 Å². The first-order valence-corrected chi connectivity index (χ1v) is 12.8. The zero-order valence-electron chi connectivity index (χ0n) is 18.8. The Labute approximate surface area is 202 Å². The lowest BCUT2D eigenvalue weighted by molar-refractivity contribution is -0.120. The van der Waals surface area contributed by atoms with Gasteiger partial charge in [0.25, 0.3) is 15.9 Å². The van der Waals surface area contributed by atoms with Crippen LogP contribution in [-0.4, -0.2) is 44.1 Å². The summed E-state index contributed by atoms with van der Waals surface area (Å²) in [6.07, 6.45) is 2.62. The molecule has 3 aromatic rings. The van der Waals surface area contributed by atoms with Crippen LogP contribution in [0.3, 0.4) is 0 Å². The summed E-state index contributed by atoms with van der Waals surface area (Å²) in [7, 11) is -3.68. The molecule has 0 aliphatic carbocycles. The molecule has 2 amide bonds. The maximum absolute atomic E-state index is 13.0. The number of nitrogens with one attached hydrogen (secondary N) is 2. The molecular formula is C25H24N4O5S. The Kier molecular flexibility index (Phi) is 6.12. The van der Waals surface area contributed by atoms with Crippen LogP contribution in [-0.2, 0) is 21.4 Å². The van der Waals surface area contributed by atoms with Gasteiger partial charge in [-0.3, -0.25) is 9.59 Å². The number of likely N-dealkylation sites (tertiary alicyclic amines) is 1. The third-order valence-electron chi connectivity index (χ3n) is 6.21. The van der Waals surface area contributed by atoms with Gasteiger partial charge in [0, 0.05) is 24.6 Å². The monoisotopic (exact) mass is 492 g/mol. The van der Waals surface area contributed by atoms with Crippen molar-refractivity contribution in [1.82, 2.24) is 10.2 Å². The third-order valence-corrected chi connectivity index (χ3v) is 7.54. The van der Waals surface area contributed by atoms with Crippen LogP contribution in [0, 0.1) is 5.92 Å². The first-order valence-electron chi connectivity index (χ1n) is 11.3. The van der Waals surface area contributed by atoms with Gasteiger partial charge in [0.05, 0.1) is 24.1 Å². The van der Waals surface area contributed by atoms with Crippen LogP contribution in [0.2, 0.25) is 0 Å². The van der Waals surface area contributed by atoms with E-state index in [1.165, 1.54) is 6.26 Å². The largest absolute Gasteiger partial charge is 0.467 e. The van der Waals surface area contributed by atoms with Crippen molar-refractivity contribution in [3.63, 3.8) is 0 Å². The predicted octanol–water partition coefficient (Wildman–Crippen LogP) is 3.01. The Morgan fingerprint density at radius 1 is 1.00 bits per heavy atom. The number of carbonyl (C=O) groups excluding carboxylic acids is 2. The number of anilines is 1. The van der Waals surface area contributed by atoms with E-state index >= 15 is 0 Å². The number of rotatable bonds is 5. The van der Waals surface area contributed by atoms with E-state index in [4.69, 9.17) is 4.42 Å². The summed E-state index contributed by atoms with van der Waals surface area (Å²) in [5, 5.41) is 5.69.